The molecule has 1 N–H and O–H groups in total. The lowest BCUT2D eigenvalue weighted by atomic mass is 10.1. The molecule has 1 aromatic carbocycles. The van der Waals surface area contributed by atoms with Gasteiger partial charge in [-0.05, 0) is 31.0 Å². The lowest BCUT2D eigenvalue weighted by molar-refractivity contribution is 0.353. The largest absolute Gasteiger partial charge is 0.493 e. The molecule has 1 saturated heterocycles. The first kappa shape index (κ1) is 15.1. The van der Waals surface area contributed by atoms with Crippen LogP contribution >= 0.6 is 0 Å². The predicted molar refractivity (Wildman–Crippen MR) is 78.2 cm³/mol. The minimum absolute atomic E-state index is 0.0306. The Hall–Kier alpha value is -1.27. The van der Waals surface area contributed by atoms with Crippen LogP contribution in [0.2, 0.25) is 0 Å². The second-order valence-electron chi connectivity index (χ2n) is 5.10. The zero-order valence-electron chi connectivity index (χ0n) is 12.0. The van der Waals surface area contributed by atoms with Gasteiger partial charge in [0.05, 0.1) is 25.7 Å². The number of sulfone groups is 1. The lowest BCUT2D eigenvalue weighted by Gasteiger charge is -2.20. The molecule has 1 aliphatic heterocycles. The smallest absolute Gasteiger partial charge is 0.161 e. The van der Waals surface area contributed by atoms with Crippen LogP contribution in [0.4, 0.5) is 0 Å². The van der Waals surface area contributed by atoms with Crippen molar-refractivity contribution >= 4 is 9.84 Å². The monoisotopic (exact) mass is 299 g/mol. The second-order valence-corrected chi connectivity index (χ2v) is 7.33. The van der Waals surface area contributed by atoms with Gasteiger partial charge in [-0.3, -0.25) is 0 Å². The second kappa shape index (κ2) is 6.01. The van der Waals surface area contributed by atoms with Crippen molar-refractivity contribution in [1.82, 2.24) is 5.32 Å². The molecule has 5 nitrogen and oxygen atoms in total. The number of hydrogen-bond acceptors (Lipinski definition) is 5. The average Bonchev–Trinajstić information content (AvgIpc) is 2.76. The van der Waals surface area contributed by atoms with E-state index in [1.54, 1.807) is 14.2 Å². The number of benzene rings is 1. The molecule has 2 atom stereocenters. The van der Waals surface area contributed by atoms with Crippen LogP contribution in [0.25, 0.3) is 0 Å². The Bertz CT molecular complexity index is 571. The first-order chi connectivity index (χ1) is 9.45. The van der Waals surface area contributed by atoms with Crippen molar-refractivity contribution in [2.45, 2.75) is 25.4 Å². The topological polar surface area (TPSA) is 64.6 Å². The van der Waals surface area contributed by atoms with Crippen LogP contribution in [0, 0.1) is 0 Å². The molecule has 112 valence electrons. The van der Waals surface area contributed by atoms with Crippen LogP contribution in [0.15, 0.2) is 18.2 Å². The normalized spacial score (nSPS) is 22.4. The highest BCUT2D eigenvalue weighted by atomic mass is 32.2. The molecule has 6 heteroatoms. The standard InChI is InChI=1S/C14H21NO4S/c1-10(15-12-6-7-20(16,17)9-12)11-4-5-13(18-2)14(8-11)19-3/h4-5,8,10,12,15H,6-7,9H2,1-3H3. The summed E-state index contributed by atoms with van der Waals surface area (Å²) in [6, 6.07) is 5.83. The molecule has 0 saturated carbocycles. The number of nitrogens with one attached hydrogen (secondary N) is 1. The van der Waals surface area contributed by atoms with Gasteiger partial charge in [0.1, 0.15) is 0 Å². The van der Waals surface area contributed by atoms with Gasteiger partial charge in [0.25, 0.3) is 0 Å². The van der Waals surface area contributed by atoms with E-state index in [1.165, 1.54) is 0 Å². The summed E-state index contributed by atoms with van der Waals surface area (Å²) < 4.78 is 33.4. The molecular weight excluding hydrogens is 278 g/mol. The van der Waals surface area contributed by atoms with Gasteiger partial charge in [0.15, 0.2) is 21.3 Å². The highest BCUT2D eigenvalue weighted by Gasteiger charge is 2.28. The fourth-order valence-electron chi connectivity index (χ4n) is 2.50. The van der Waals surface area contributed by atoms with Gasteiger partial charge in [-0.15, -0.1) is 0 Å². The van der Waals surface area contributed by atoms with E-state index < -0.39 is 9.84 Å². The quantitative estimate of drug-likeness (QED) is 0.893. The molecule has 0 spiro atoms. The van der Waals surface area contributed by atoms with E-state index in [4.69, 9.17) is 9.47 Å². The number of hydrogen-bond donors (Lipinski definition) is 1. The summed E-state index contributed by atoms with van der Waals surface area (Å²) in [5.41, 5.74) is 1.05. The lowest BCUT2D eigenvalue weighted by Crippen LogP contribution is -2.32. The van der Waals surface area contributed by atoms with Crippen LogP contribution in [0.1, 0.15) is 24.9 Å². The first-order valence-corrected chi connectivity index (χ1v) is 8.45. The van der Waals surface area contributed by atoms with Crippen molar-refractivity contribution in [3.63, 3.8) is 0 Å². The van der Waals surface area contributed by atoms with Crippen LogP contribution in [0.5, 0.6) is 11.5 Å². The highest BCUT2D eigenvalue weighted by Crippen LogP contribution is 2.30. The molecule has 1 aromatic rings. The van der Waals surface area contributed by atoms with Crippen molar-refractivity contribution in [3.05, 3.63) is 23.8 Å². The summed E-state index contributed by atoms with van der Waals surface area (Å²) in [5, 5.41) is 3.36. The van der Waals surface area contributed by atoms with Gasteiger partial charge >= 0.3 is 0 Å². The van der Waals surface area contributed by atoms with E-state index in [0.29, 0.717) is 17.9 Å². The molecule has 0 aromatic heterocycles. The van der Waals surface area contributed by atoms with Gasteiger partial charge in [0, 0.05) is 12.1 Å². The molecule has 1 fully saturated rings. The zero-order chi connectivity index (χ0) is 14.8. The van der Waals surface area contributed by atoms with Crippen LogP contribution in [0.3, 0.4) is 0 Å². The molecule has 20 heavy (non-hydrogen) atoms. The molecule has 1 heterocycles. The first-order valence-electron chi connectivity index (χ1n) is 6.63. The van der Waals surface area contributed by atoms with E-state index in [0.717, 1.165) is 5.56 Å². The molecule has 0 radical (unpaired) electrons. The van der Waals surface area contributed by atoms with Crippen molar-refractivity contribution in [1.29, 1.82) is 0 Å². The molecule has 1 aliphatic rings. The third kappa shape index (κ3) is 3.43. The third-order valence-electron chi connectivity index (χ3n) is 3.63. The van der Waals surface area contributed by atoms with Crippen molar-refractivity contribution < 1.29 is 17.9 Å². The van der Waals surface area contributed by atoms with E-state index in [9.17, 15) is 8.42 Å². The number of ether oxygens (including phenoxy) is 2. The molecule has 2 unspecified atom stereocenters. The Morgan fingerprint density at radius 3 is 2.50 bits per heavy atom. The molecule has 2 rings (SSSR count). The maximum Gasteiger partial charge on any atom is 0.161 e. The maximum atomic E-state index is 11.5. The highest BCUT2D eigenvalue weighted by molar-refractivity contribution is 7.91. The van der Waals surface area contributed by atoms with E-state index in [1.807, 2.05) is 25.1 Å². The van der Waals surface area contributed by atoms with Gasteiger partial charge in [-0.25, -0.2) is 8.42 Å². The number of rotatable bonds is 5. The SMILES string of the molecule is COc1ccc(C(C)NC2CCS(=O)(=O)C2)cc1OC. The predicted octanol–water partition coefficient (Wildman–Crippen LogP) is 1.54. The average molecular weight is 299 g/mol. The minimum Gasteiger partial charge on any atom is -0.493 e. The summed E-state index contributed by atoms with van der Waals surface area (Å²) in [6.07, 6.45) is 0.681. The van der Waals surface area contributed by atoms with E-state index in [2.05, 4.69) is 5.32 Å². The van der Waals surface area contributed by atoms with Gasteiger partial charge < -0.3 is 14.8 Å². The summed E-state index contributed by atoms with van der Waals surface area (Å²) in [7, 11) is 0.346. The van der Waals surface area contributed by atoms with Crippen molar-refractivity contribution in [3.8, 4) is 11.5 Å². The zero-order valence-corrected chi connectivity index (χ0v) is 12.9. The van der Waals surface area contributed by atoms with Gasteiger partial charge in [-0.2, -0.15) is 0 Å². The summed E-state index contributed by atoms with van der Waals surface area (Å²) in [5.74, 6) is 1.87. The van der Waals surface area contributed by atoms with Gasteiger partial charge in [-0.1, -0.05) is 6.07 Å². The molecule has 0 aliphatic carbocycles. The van der Waals surface area contributed by atoms with Crippen LogP contribution in [-0.4, -0.2) is 40.2 Å². The fraction of sp³-hybridized carbons (Fsp3) is 0.571. The van der Waals surface area contributed by atoms with Gasteiger partial charge in [0.2, 0.25) is 0 Å². The Labute approximate surface area is 120 Å². The minimum atomic E-state index is -2.85. The summed E-state index contributed by atoms with van der Waals surface area (Å²) >= 11 is 0. The number of methoxy groups -OCH3 is 2. The maximum absolute atomic E-state index is 11.5. The van der Waals surface area contributed by atoms with Crippen molar-refractivity contribution in [2.75, 3.05) is 25.7 Å². The Kier molecular flexibility index (Phi) is 4.55. The van der Waals surface area contributed by atoms with Crippen LogP contribution in [-0.2, 0) is 9.84 Å². The molecule has 0 amide bonds. The Balaban J connectivity index is 2.08. The molecular formula is C14H21NO4S. The Morgan fingerprint density at radius 1 is 1.25 bits per heavy atom. The van der Waals surface area contributed by atoms with Crippen molar-refractivity contribution in [2.24, 2.45) is 0 Å². The third-order valence-corrected chi connectivity index (χ3v) is 5.39. The summed E-state index contributed by atoms with van der Waals surface area (Å²) in [4.78, 5) is 0. The summed E-state index contributed by atoms with van der Waals surface area (Å²) in [6.45, 7) is 2.02. The Morgan fingerprint density at radius 2 is 1.95 bits per heavy atom. The molecule has 0 bridgehead atoms. The van der Waals surface area contributed by atoms with E-state index >= 15 is 0 Å². The van der Waals surface area contributed by atoms with Crippen LogP contribution < -0.4 is 14.8 Å². The van der Waals surface area contributed by atoms with E-state index in [-0.39, 0.29) is 23.6 Å². The fourth-order valence-corrected chi connectivity index (χ4v) is 4.18.